The Bertz CT molecular complexity index is 1180. The molecule has 0 aliphatic carbocycles. The molecule has 2 aromatic rings. The molecule has 13 heteroatoms. The van der Waals surface area contributed by atoms with E-state index in [0.29, 0.717) is 11.3 Å². The van der Waals surface area contributed by atoms with Gasteiger partial charge in [-0.3, -0.25) is 4.79 Å². The summed E-state index contributed by atoms with van der Waals surface area (Å²) in [6, 6.07) is -0.363. The van der Waals surface area contributed by atoms with Crippen LogP contribution in [0.15, 0.2) is 29.2 Å². The van der Waals surface area contributed by atoms with Gasteiger partial charge in [0.1, 0.15) is 24.1 Å². The molecule has 4 heterocycles. The van der Waals surface area contributed by atoms with Crippen LogP contribution in [-0.4, -0.2) is 52.0 Å². The van der Waals surface area contributed by atoms with Gasteiger partial charge >= 0.3 is 5.97 Å². The molecule has 0 spiro atoms. The average Bonchev–Trinajstić information content (AvgIpc) is 3.24. The Morgan fingerprint density at radius 1 is 1.47 bits per heavy atom. The molecule has 1 saturated heterocycles. The summed E-state index contributed by atoms with van der Waals surface area (Å²) in [6.45, 7) is 3.68. The van der Waals surface area contributed by atoms with Crippen LogP contribution in [-0.2, 0) is 32.9 Å². The first kappa shape index (κ1) is 20.9. The number of nitrogens with two attached hydrogens (primary N) is 1. The third-order valence-electron chi connectivity index (χ3n) is 5.73. The summed E-state index contributed by atoms with van der Waals surface area (Å²) in [7, 11) is -3.82. The topological polar surface area (TPSA) is 158 Å². The first-order chi connectivity index (χ1) is 14.0. The van der Waals surface area contributed by atoms with Gasteiger partial charge < -0.3 is 15.1 Å². The van der Waals surface area contributed by atoms with Crippen molar-refractivity contribution in [3.05, 3.63) is 34.9 Å². The number of carboxylic acid groups (broad SMARTS) is 1. The molecule has 0 bridgehead atoms. The monoisotopic (exact) mass is 456 g/mol. The molecule has 5 N–H and O–H groups in total. The maximum Gasteiger partial charge on any atom is 0.352 e. The maximum absolute atomic E-state index is 12.4. The van der Waals surface area contributed by atoms with E-state index >= 15 is 0 Å². The second-order valence-corrected chi connectivity index (χ2v) is 9.92. The molecular formula is C17H22N5O6S2+. The minimum atomic E-state index is -3.82. The Kier molecular flexibility index (Phi) is 4.97. The summed E-state index contributed by atoms with van der Waals surface area (Å²) < 4.78 is 28.1. The molecule has 30 heavy (non-hydrogen) atoms. The number of hydrogen-bond donors (Lipinski definition) is 4. The van der Waals surface area contributed by atoms with Crippen LogP contribution in [0.3, 0.4) is 0 Å². The molecule has 2 aromatic heterocycles. The lowest BCUT2D eigenvalue weighted by Crippen LogP contribution is -2.63. The van der Waals surface area contributed by atoms with E-state index in [2.05, 4.69) is 4.72 Å². The van der Waals surface area contributed by atoms with E-state index in [1.165, 1.54) is 16.2 Å². The molecule has 2 aliphatic heterocycles. The number of aliphatic hydroxyl groups is 1. The second-order valence-electron chi connectivity index (χ2n) is 7.65. The van der Waals surface area contributed by atoms with Gasteiger partial charge in [0.15, 0.2) is 0 Å². The predicted octanol–water partition coefficient (Wildman–Crippen LogP) is -1.22. The predicted molar refractivity (Wildman–Crippen MR) is 105 cm³/mol. The number of nitrogens with one attached hydrogen (secondary N) is 1. The molecule has 1 amide bonds. The van der Waals surface area contributed by atoms with Crippen molar-refractivity contribution in [3.63, 3.8) is 0 Å². The summed E-state index contributed by atoms with van der Waals surface area (Å²) in [5, 5.41) is 26.5. The van der Waals surface area contributed by atoms with Crippen LogP contribution < -0.4 is 14.4 Å². The van der Waals surface area contributed by atoms with Crippen molar-refractivity contribution in [1.29, 1.82) is 0 Å². The number of fused-ring (bicyclic) bond motifs is 2. The van der Waals surface area contributed by atoms with Gasteiger partial charge in [0.25, 0.3) is 10.2 Å². The van der Waals surface area contributed by atoms with E-state index in [9.17, 15) is 28.2 Å². The Balaban J connectivity index is 1.63. The Morgan fingerprint density at radius 2 is 2.17 bits per heavy atom. The highest BCUT2D eigenvalue weighted by Gasteiger charge is 2.60. The number of thiazole rings is 1. The number of rotatable bonds is 7. The van der Waals surface area contributed by atoms with Crippen LogP contribution in [0.5, 0.6) is 0 Å². The highest BCUT2D eigenvalue weighted by atomic mass is 32.2. The number of aromatic nitrogens is 2. The van der Waals surface area contributed by atoms with Gasteiger partial charge in [0, 0.05) is 16.9 Å². The number of carbonyl (C=O) groups excluding carboxylic acids is 1. The molecule has 4 rings (SSSR count). The van der Waals surface area contributed by atoms with Crippen molar-refractivity contribution < 1.29 is 32.8 Å². The van der Waals surface area contributed by atoms with Crippen LogP contribution in [0.25, 0.3) is 4.83 Å². The molecule has 4 atom stereocenters. The lowest BCUT2D eigenvalue weighted by Gasteiger charge is -2.46. The highest BCUT2D eigenvalue weighted by molar-refractivity contribution is 7.87. The van der Waals surface area contributed by atoms with Crippen LogP contribution >= 0.6 is 11.3 Å². The molecule has 1 fully saturated rings. The minimum absolute atomic E-state index is 0.0208. The molecular weight excluding hydrogens is 434 g/mol. The summed E-state index contributed by atoms with van der Waals surface area (Å²) in [4.78, 5) is 26.5. The molecule has 162 valence electrons. The Morgan fingerprint density at radius 3 is 2.77 bits per heavy atom. The van der Waals surface area contributed by atoms with E-state index in [4.69, 9.17) is 5.14 Å². The van der Waals surface area contributed by atoms with Gasteiger partial charge in [-0.1, -0.05) is 18.3 Å². The van der Waals surface area contributed by atoms with Crippen LogP contribution in [0.2, 0.25) is 0 Å². The van der Waals surface area contributed by atoms with Gasteiger partial charge in [0.2, 0.25) is 17.1 Å². The quantitative estimate of drug-likeness (QED) is 0.302. The van der Waals surface area contributed by atoms with E-state index in [-0.39, 0.29) is 36.7 Å². The number of carboxylic acids is 1. The second kappa shape index (κ2) is 7.13. The van der Waals surface area contributed by atoms with E-state index in [0.717, 1.165) is 4.83 Å². The first-order valence-corrected chi connectivity index (χ1v) is 11.6. The zero-order valence-electron chi connectivity index (χ0n) is 16.2. The zero-order valence-corrected chi connectivity index (χ0v) is 17.9. The smallest absolute Gasteiger partial charge is 0.352 e. The van der Waals surface area contributed by atoms with Crippen LogP contribution in [0.4, 0.5) is 0 Å². The number of aliphatic hydroxyl groups excluding tert-OH is 1. The standard InChI is InChI=1S/C17H21N5O6S2/c1-8-11(15(17(25)26)22-14(8)13(9(2)23)16(22)24)4-20-5-12-21(7-20)10(6-29-12)3-19-30(18,27)28/h5-9,13-14,19,23H,3-4H2,1-2H3,(H2-,18,25,26,27,28)/p+1/t8?,9-,13-,14-/m1/s1. The maximum atomic E-state index is 12.4. The van der Waals surface area contributed by atoms with E-state index in [1.807, 2.05) is 13.1 Å². The summed E-state index contributed by atoms with van der Waals surface area (Å²) in [6.07, 6.45) is 2.72. The molecule has 0 saturated carbocycles. The van der Waals surface area contributed by atoms with Crippen molar-refractivity contribution in [2.45, 2.75) is 39.1 Å². The zero-order chi connectivity index (χ0) is 22.0. The third kappa shape index (κ3) is 3.32. The number of β-lactam (4-membered cyclic amide) rings is 1. The lowest BCUT2D eigenvalue weighted by molar-refractivity contribution is -0.688. The van der Waals surface area contributed by atoms with Crippen LogP contribution in [0.1, 0.15) is 19.5 Å². The number of amides is 1. The highest BCUT2D eigenvalue weighted by Crippen LogP contribution is 2.47. The van der Waals surface area contributed by atoms with Gasteiger partial charge in [-0.25, -0.2) is 14.5 Å². The SMILES string of the molecule is CC1C(C[n+]2cc3scc(CNS(N)(=O)=O)n3c2)=C(C(=O)O)N2C(=O)[C@H]([C@@H](C)O)[C@@H]12. The van der Waals surface area contributed by atoms with Gasteiger partial charge in [-0.15, -0.1) is 0 Å². The minimum Gasteiger partial charge on any atom is -0.477 e. The number of aliphatic carboxylic acids is 1. The lowest BCUT2D eigenvalue weighted by atomic mass is 9.78. The number of imidazole rings is 1. The van der Waals surface area contributed by atoms with E-state index in [1.54, 1.807) is 27.6 Å². The van der Waals surface area contributed by atoms with Gasteiger partial charge in [-0.05, 0) is 6.92 Å². The number of carbonyl (C=O) groups is 2. The van der Waals surface area contributed by atoms with Crippen LogP contribution in [0, 0.1) is 11.8 Å². The first-order valence-electron chi connectivity index (χ1n) is 9.22. The fourth-order valence-corrected chi connectivity index (χ4v) is 5.65. The molecule has 0 aromatic carbocycles. The number of hydrogen-bond acceptors (Lipinski definition) is 6. The molecule has 2 aliphatic rings. The fraction of sp³-hybridized carbons (Fsp3) is 0.471. The van der Waals surface area contributed by atoms with E-state index < -0.39 is 28.2 Å². The summed E-state index contributed by atoms with van der Waals surface area (Å²) in [5.74, 6) is -2.36. The van der Waals surface area contributed by atoms with Crippen molar-refractivity contribution in [3.8, 4) is 0 Å². The molecule has 1 unspecified atom stereocenters. The summed E-state index contributed by atoms with van der Waals surface area (Å²) in [5.41, 5.74) is 1.27. The number of nitrogens with zero attached hydrogens (tertiary/aromatic N) is 3. The molecule has 11 nitrogen and oxygen atoms in total. The fourth-order valence-electron chi connectivity index (χ4n) is 4.37. The van der Waals surface area contributed by atoms with Crippen molar-refractivity contribution in [1.82, 2.24) is 14.0 Å². The van der Waals surface area contributed by atoms with Crippen molar-refractivity contribution in [2.75, 3.05) is 0 Å². The van der Waals surface area contributed by atoms with Gasteiger partial charge in [-0.2, -0.15) is 17.5 Å². The summed E-state index contributed by atoms with van der Waals surface area (Å²) >= 11 is 1.41. The van der Waals surface area contributed by atoms with Gasteiger partial charge in [0.05, 0.1) is 24.6 Å². The normalized spacial score (nSPS) is 25.0. The Labute approximate surface area is 176 Å². The molecule has 0 radical (unpaired) electrons. The largest absolute Gasteiger partial charge is 0.477 e. The van der Waals surface area contributed by atoms with Crippen molar-refractivity contribution in [2.24, 2.45) is 17.0 Å². The third-order valence-corrected chi connectivity index (χ3v) is 7.21. The van der Waals surface area contributed by atoms with Crippen molar-refractivity contribution >= 4 is 38.3 Å². The Hall–Kier alpha value is -2.32. The average molecular weight is 457 g/mol.